The first kappa shape index (κ1) is 20.9. The summed E-state index contributed by atoms with van der Waals surface area (Å²) in [5.74, 6) is 0.253. The minimum absolute atomic E-state index is 0.0237. The number of aromatic nitrogens is 4. The van der Waals surface area contributed by atoms with Gasteiger partial charge in [0.2, 0.25) is 0 Å². The van der Waals surface area contributed by atoms with Crippen molar-refractivity contribution in [2.75, 3.05) is 18.1 Å². The molecule has 1 aromatic carbocycles. The Morgan fingerprint density at radius 1 is 1.23 bits per heavy atom. The Labute approximate surface area is 182 Å². The van der Waals surface area contributed by atoms with E-state index in [1.54, 1.807) is 35.1 Å². The smallest absolute Gasteiger partial charge is 0.287 e. The van der Waals surface area contributed by atoms with Crippen molar-refractivity contribution in [2.24, 2.45) is 0 Å². The van der Waals surface area contributed by atoms with Gasteiger partial charge in [-0.3, -0.25) is 9.59 Å². The van der Waals surface area contributed by atoms with Crippen LogP contribution in [-0.2, 0) is 6.54 Å². The molecule has 2 N–H and O–H groups in total. The van der Waals surface area contributed by atoms with E-state index in [2.05, 4.69) is 25.7 Å². The normalized spacial score (nSPS) is 11.4. The average molecular weight is 439 g/mol. The predicted molar refractivity (Wildman–Crippen MR) is 121 cm³/mol. The number of carbonyl (C=O) groups is 1. The molecule has 4 aromatic rings. The van der Waals surface area contributed by atoms with Gasteiger partial charge in [0.25, 0.3) is 5.91 Å². The molecule has 0 spiro atoms. The molecular weight excluding hydrogens is 416 g/mol. The van der Waals surface area contributed by atoms with Crippen molar-refractivity contribution in [2.45, 2.75) is 31.6 Å². The van der Waals surface area contributed by atoms with Gasteiger partial charge in [-0.05, 0) is 32.2 Å². The molecule has 0 unspecified atom stereocenters. The molecule has 10 heteroatoms. The lowest BCUT2D eigenvalue weighted by Gasteiger charge is -2.11. The number of anilines is 1. The first-order valence-corrected chi connectivity index (χ1v) is 11.0. The van der Waals surface area contributed by atoms with Gasteiger partial charge in [0.1, 0.15) is 11.4 Å². The summed E-state index contributed by atoms with van der Waals surface area (Å²) in [5, 5.41) is 12.4. The van der Waals surface area contributed by atoms with Crippen LogP contribution in [0.1, 0.15) is 24.4 Å². The summed E-state index contributed by atoms with van der Waals surface area (Å²) in [6, 6.07) is 8.26. The summed E-state index contributed by atoms with van der Waals surface area (Å²) in [6.45, 7) is 4.77. The number of fused-ring (bicyclic) bond motifs is 2. The SMILES string of the molecule is CSc1nc(NC(C)C)c2cnn(CCNC(=O)c3cc(=O)c4ccccc4o3)c2n1. The van der Waals surface area contributed by atoms with Gasteiger partial charge in [0.05, 0.1) is 23.5 Å². The maximum absolute atomic E-state index is 12.5. The van der Waals surface area contributed by atoms with Crippen molar-refractivity contribution in [1.82, 2.24) is 25.1 Å². The summed E-state index contributed by atoms with van der Waals surface area (Å²) in [6.07, 6.45) is 3.63. The molecule has 0 saturated carbocycles. The van der Waals surface area contributed by atoms with Gasteiger partial charge in [-0.25, -0.2) is 14.6 Å². The molecule has 0 aliphatic rings. The minimum Gasteiger partial charge on any atom is -0.451 e. The summed E-state index contributed by atoms with van der Waals surface area (Å²) >= 11 is 1.45. The lowest BCUT2D eigenvalue weighted by atomic mass is 10.2. The largest absolute Gasteiger partial charge is 0.451 e. The van der Waals surface area contributed by atoms with Crippen LogP contribution in [0.3, 0.4) is 0 Å². The predicted octanol–water partition coefficient (Wildman–Crippen LogP) is 2.90. The highest BCUT2D eigenvalue weighted by Gasteiger charge is 2.15. The third-order valence-electron chi connectivity index (χ3n) is 4.55. The zero-order valence-electron chi connectivity index (χ0n) is 17.4. The number of carbonyl (C=O) groups excluding carboxylic acids is 1. The Bertz CT molecular complexity index is 1310. The third-order valence-corrected chi connectivity index (χ3v) is 5.10. The van der Waals surface area contributed by atoms with Gasteiger partial charge in [-0.2, -0.15) is 5.10 Å². The van der Waals surface area contributed by atoms with Crippen LogP contribution in [0.4, 0.5) is 5.82 Å². The van der Waals surface area contributed by atoms with E-state index in [1.807, 2.05) is 20.1 Å². The number of amides is 1. The van der Waals surface area contributed by atoms with Crippen LogP contribution < -0.4 is 16.1 Å². The molecule has 0 fully saturated rings. The lowest BCUT2D eigenvalue weighted by Crippen LogP contribution is -2.28. The van der Waals surface area contributed by atoms with Crippen molar-refractivity contribution in [3.8, 4) is 0 Å². The highest BCUT2D eigenvalue weighted by atomic mass is 32.2. The Morgan fingerprint density at radius 3 is 2.81 bits per heavy atom. The number of nitrogens with one attached hydrogen (secondary N) is 2. The third kappa shape index (κ3) is 4.38. The number of thioether (sulfide) groups is 1. The maximum Gasteiger partial charge on any atom is 0.287 e. The maximum atomic E-state index is 12.5. The topological polar surface area (TPSA) is 115 Å². The number of hydrogen-bond donors (Lipinski definition) is 2. The van der Waals surface area contributed by atoms with Gasteiger partial charge in [0.15, 0.2) is 22.0 Å². The van der Waals surface area contributed by atoms with E-state index >= 15 is 0 Å². The molecule has 0 radical (unpaired) electrons. The Balaban J connectivity index is 1.51. The highest BCUT2D eigenvalue weighted by Crippen LogP contribution is 2.23. The van der Waals surface area contributed by atoms with Crippen molar-refractivity contribution in [1.29, 1.82) is 0 Å². The van der Waals surface area contributed by atoms with E-state index in [0.29, 0.717) is 28.3 Å². The van der Waals surface area contributed by atoms with E-state index < -0.39 is 5.91 Å². The van der Waals surface area contributed by atoms with Gasteiger partial charge in [0, 0.05) is 18.7 Å². The van der Waals surface area contributed by atoms with Crippen LogP contribution in [0.2, 0.25) is 0 Å². The van der Waals surface area contributed by atoms with Crippen molar-refractivity contribution < 1.29 is 9.21 Å². The van der Waals surface area contributed by atoms with Crippen LogP contribution in [0, 0.1) is 0 Å². The Hall–Kier alpha value is -3.40. The Kier molecular flexibility index (Phi) is 5.90. The van der Waals surface area contributed by atoms with Crippen LogP contribution in [0.25, 0.3) is 22.0 Å². The molecule has 160 valence electrons. The first-order chi connectivity index (χ1) is 15.0. The van der Waals surface area contributed by atoms with Crippen molar-refractivity contribution in [3.05, 3.63) is 52.5 Å². The van der Waals surface area contributed by atoms with E-state index in [1.165, 1.54) is 17.8 Å². The molecular formula is C21H22N6O3S. The van der Waals surface area contributed by atoms with E-state index in [-0.39, 0.29) is 23.8 Å². The number of rotatable bonds is 7. The molecule has 3 aromatic heterocycles. The van der Waals surface area contributed by atoms with Crippen LogP contribution in [0.15, 0.2) is 50.9 Å². The fraction of sp³-hybridized carbons (Fsp3) is 0.286. The monoisotopic (exact) mass is 438 g/mol. The van der Waals surface area contributed by atoms with E-state index in [0.717, 1.165) is 11.2 Å². The van der Waals surface area contributed by atoms with Gasteiger partial charge in [-0.15, -0.1) is 0 Å². The van der Waals surface area contributed by atoms with Crippen LogP contribution in [0.5, 0.6) is 0 Å². The first-order valence-electron chi connectivity index (χ1n) is 9.81. The second kappa shape index (κ2) is 8.76. The number of nitrogens with zero attached hydrogens (tertiary/aromatic N) is 4. The summed E-state index contributed by atoms with van der Waals surface area (Å²) in [4.78, 5) is 33.8. The molecule has 0 aliphatic heterocycles. The molecule has 0 bridgehead atoms. The van der Waals surface area contributed by atoms with E-state index in [9.17, 15) is 9.59 Å². The van der Waals surface area contributed by atoms with Gasteiger partial charge in [-0.1, -0.05) is 23.9 Å². The fourth-order valence-electron chi connectivity index (χ4n) is 3.15. The second-order valence-corrected chi connectivity index (χ2v) is 7.96. The second-order valence-electron chi connectivity index (χ2n) is 7.19. The summed E-state index contributed by atoms with van der Waals surface area (Å²) in [5.41, 5.74) is 0.815. The molecule has 9 nitrogen and oxygen atoms in total. The molecule has 0 atom stereocenters. The van der Waals surface area contributed by atoms with Gasteiger partial charge < -0.3 is 15.1 Å². The summed E-state index contributed by atoms with van der Waals surface area (Å²) < 4.78 is 7.30. The molecule has 31 heavy (non-hydrogen) atoms. The number of benzene rings is 1. The lowest BCUT2D eigenvalue weighted by molar-refractivity contribution is 0.0925. The number of hydrogen-bond acceptors (Lipinski definition) is 8. The van der Waals surface area contributed by atoms with Crippen molar-refractivity contribution >= 4 is 45.5 Å². The van der Waals surface area contributed by atoms with Gasteiger partial charge >= 0.3 is 0 Å². The quantitative estimate of drug-likeness (QED) is 0.334. The van der Waals surface area contributed by atoms with Crippen LogP contribution in [-0.4, -0.2) is 44.5 Å². The zero-order valence-corrected chi connectivity index (χ0v) is 18.2. The molecule has 1 amide bonds. The fourth-order valence-corrected chi connectivity index (χ4v) is 3.51. The zero-order chi connectivity index (χ0) is 22.0. The minimum atomic E-state index is -0.457. The summed E-state index contributed by atoms with van der Waals surface area (Å²) in [7, 11) is 0. The van der Waals surface area contributed by atoms with Crippen LogP contribution >= 0.6 is 11.8 Å². The molecule has 0 saturated heterocycles. The standard InChI is InChI=1S/C21H22N6O3S/c1-12(2)24-18-14-11-23-27(19(14)26-21(25-18)31-3)9-8-22-20(29)17-10-15(28)13-6-4-5-7-16(13)30-17/h4-7,10-12H,8-9H2,1-3H3,(H,22,29)(H,24,25,26). The average Bonchev–Trinajstić information content (AvgIpc) is 3.16. The Morgan fingerprint density at radius 2 is 2.03 bits per heavy atom. The highest BCUT2D eigenvalue weighted by molar-refractivity contribution is 7.98. The van der Waals surface area contributed by atoms with Crippen molar-refractivity contribution in [3.63, 3.8) is 0 Å². The number of para-hydroxylation sites is 1. The molecule has 3 heterocycles. The molecule has 0 aliphatic carbocycles. The van der Waals surface area contributed by atoms with E-state index in [4.69, 9.17) is 4.42 Å². The molecule has 4 rings (SSSR count).